The number of sulfonamides is 1. The summed E-state index contributed by atoms with van der Waals surface area (Å²) in [7, 11) is -3.69. The summed E-state index contributed by atoms with van der Waals surface area (Å²) in [6, 6.07) is 13.0. The molecule has 0 aliphatic heterocycles. The lowest BCUT2D eigenvalue weighted by atomic mass is 10.1. The van der Waals surface area contributed by atoms with Crippen LogP contribution in [0.1, 0.15) is 29.2 Å². The average molecular weight is 404 g/mol. The van der Waals surface area contributed by atoms with Crippen LogP contribution in [0.5, 0.6) is 0 Å². The zero-order chi connectivity index (χ0) is 17.3. The topological polar surface area (TPSA) is 37.4 Å². The Labute approximate surface area is 151 Å². The molecule has 3 rings (SSSR count). The van der Waals surface area contributed by atoms with Crippen molar-refractivity contribution >= 4 is 26.0 Å². The maximum absolute atomic E-state index is 13.3. The largest absolute Gasteiger partial charge is 0.245 e. The van der Waals surface area contributed by atoms with Gasteiger partial charge in [0.25, 0.3) is 0 Å². The van der Waals surface area contributed by atoms with Gasteiger partial charge in [-0.3, -0.25) is 0 Å². The first-order chi connectivity index (χ1) is 11.4. The van der Waals surface area contributed by atoms with Crippen LogP contribution in [0.15, 0.2) is 51.8 Å². The first-order valence-electron chi connectivity index (χ1n) is 7.74. The zero-order valence-electron chi connectivity index (χ0n) is 13.4. The summed E-state index contributed by atoms with van der Waals surface area (Å²) in [4.78, 5) is 0.257. The van der Waals surface area contributed by atoms with Gasteiger partial charge in [0.15, 0.2) is 0 Å². The molecule has 0 spiro atoms. The van der Waals surface area contributed by atoms with Crippen molar-refractivity contribution in [3.05, 3.63) is 63.6 Å². The molecule has 1 aliphatic rings. The minimum absolute atomic E-state index is 0.0572. The minimum Gasteiger partial charge on any atom is -0.207 e. The molecule has 1 atom stereocenters. The van der Waals surface area contributed by atoms with E-state index >= 15 is 0 Å². The van der Waals surface area contributed by atoms with Gasteiger partial charge < -0.3 is 0 Å². The van der Waals surface area contributed by atoms with Gasteiger partial charge >= 0.3 is 0 Å². The molecule has 0 fully saturated rings. The van der Waals surface area contributed by atoms with Crippen LogP contribution in [0.3, 0.4) is 0 Å². The van der Waals surface area contributed by atoms with Gasteiger partial charge in [-0.05, 0) is 64.5 Å². The molecule has 2 aromatic rings. The Hall–Kier alpha value is -1.61. The fourth-order valence-electron chi connectivity index (χ4n) is 3.23. The number of terminal acetylenes is 1. The lowest BCUT2D eigenvalue weighted by Crippen LogP contribution is -2.34. The lowest BCUT2D eigenvalue weighted by Gasteiger charge is -2.27. The fourth-order valence-corrected chi connectivity index (χ4v) is 5.93. The number of hydrogen-bond acceptors (Lipinski definition) is 2. The maximum Gasteiger partial charge on any atom is 0.245 e. The number of rotatable bonds is 4. The van der Waals surface area contributed by atoms with Crippen molar-refractivity contribution in [3.63, 3.8) is 0 Å². The van der Waals surface area contributed by atoms with Crippen molar-refractivity contribution in [1.82, 2.24) is 4.31 Å². The summed E-state index contributed by atoms with van der Waals surface area (Å²) in [5, 5.41) is 0. The van der Waals surface area contributed by atoms with Gasteiger partial charge in [-0.1, -0.05) is 36.3 Å². The van der Waals surface area contributed by atoms with Crippen molar-refractivity contribution in [3.8, 4) is 12.3 Å². The minimum atomic E-state index is -3.69. The molecule has 3 nitrogen and oxygen atoms in total. The van der Waals surface area contributed by atoms with Crippen molar-refractivity contribution in [2.24, 2.45) is 0 Å². The van der Waals surface area contributed by atoms with Crippen LogP contribution in [0.2, 0.25) is 0 Å². The molecule has 0 saturated carbocycles. The van der Waals surface area contributed by atoms with Crippen LogP contribution >= 0.6 is 15.9 Å². The van der Waals surface area contributed by atoms with E-state index in [4.69, 9.17) is 6.42 Å². The number of fused-ring (bicyclic) bond motifs is 1. The summed E-state index contributed by atoms with van der Waals surface area (Å²) in [6.07, 6.45) is 7.11. The quantitative estimate of drug-likeness (QED) is 0.721. The molecule has 5 heteroatoms. The predicted molar refractivity (Wildman–Crippen MR) is 99.1 cm³/mol. The predicted octanol–water partition coefficient (Wildman–Crippen LogP) is 4.07. The van der Waals surface area contributed by atoms with Crippen LogP contribution < -0.4 is 0 Å². The molecule has 0 bridgehead atoms. The average Bonchev–Trinajstić information content (AvgIpc) is 2.95. The third-order valence-electron chi connectivity index (χ3n) is 4.37. The van der Waals surface area contributed by atoms with E-state index in [-0.39, 0.29) is 17.5 Å². The van der Waals surface area contributed by atoms with E-state index in [1.807, 2.05) is 31.2 Å². The molecule has 0 N–H and O–H groups in total. The third-order valence-corrected chi connectivity index (χ3v) is 7.20. The number of benzene rings is 2. The monoisotopic (exact) mass is 403 g/mol. The highest BCUT2D eigenvalue weighted by Gasteiger charge is 2.36. The van der Waals surface area contributed by atoms with E-state index < -0.39 is 10.0 Å². The summed E-state index contributed by atoms with van der Waals surface area (Å²) < 4.78 is 28.5. The molecule has 1 unspecified atom stereocenters. The first kappa shape index (κ1) is 17.2. The molecule has 0 radical (unpaired) electrons. The molecular weight excluding hydrogens is 386 g/mol. The van der Waals surface area contributed by atoms with E-state index in [1.165, 1.54) is 9.87 Å². The highest BCUT2D eigenvalue weighted by molar-refractivity contribution is 9.10. The lowest BCUT2D eigenvalue weighted by molar-refractivity contribution is 0.352. The van der Waals surface area contributed by atoms with E-state index in [1.54, 1.807) is 12.1 Å². The van der Waals surface area contributed by atoms with Gasteiger partial charge in [0.05, 0.1) is 17.5 Å². The number of nitrogens with zero attached hydrogens (tertiary/aromatic N) is 1. The Balaban J connectivity index is 2.07. The molecule has 1 aliphatic carbocycles. The Morgan fingerprint density at radius 3 is 2.75 bits per heavy atom. The normalized spacial score (nSPS) is 16.8. The van der Waals surface area contributed by atoms with Crippen LogP contribution in [0.4, 0.5) is 0 Å². The van der Waals surface area contributed by atoms with Gasteiger partial charge in [-0.25, -0.2) is 8.42 Å². The number of hydrogen-bond donors (Lipinski definition) is 0. The van der Waals surface area contributed by atoms with Gasteiger partial charge in [-0.2, -0.15) is 4.31 Å². The summed E-state index contributed by atoms with van der Waals surface area (Å²) in [5.41, 5.74) is 3.25. The highest BCUT2D eigenvalue weighted by Crippen LogP contribution is 2.39. The molecule has 0 saturated heterocycles. The van der Waals surface area contributed by atoms with Gasteiger partial charge in [-0.15, -0.1) is 6.42 Å². The number of aryl methyl sites for hydroxylation is 2. The smallest absolute Gasteiger partial charge is 0.207 e. The van der Waals surface area contributed by atoms with Crippen molar-refractivity contribution in [2.45, 2.75) is 30.7 Å². The maximum atomic E-state index is 13.3. The summed E-state index contributed by atoms with van der Waals surface area (Å²) >= 11 is 3.39. The first-order valence-corrected chi connectivity index (χ1v) is 9.97. The molecule has 24 heavy (non-hydrogen) atoms. The second kappa shape index (κ2) is 6.72. The van der Waals surface area contributed by atoms with Gasteiger partial charge in [0.2, 0.25) is 10.0 Å². The fraction of sp³-hybridized carbons (Fsp3) is 0.263. The molecule has 0 aromatic heterocycles. The van der Waals surface area contributed by atoms with Crippen LogP contribution in [-0.4, -0.2) is 19.3 Å². The van der Waals surface area contributed by atoms with E-state index in [9.17, 15) is 8.42 Å². The summed E-state index contributed by atoms with van der Waals surface area (Å²) in [6.45, 7) is 1.98. The Morgan fingerprint density at radius 1 is 1.29 bits per heavy atom. The molecular formula is C19H18BrNO2S. The molecule has 2 aromatic carbocycles. The van der Waals surface area contributed by atoms with Crippen molar-refractivity contribution in [1.29, 1.82) is 0 Å². The van der Waals surface area contributed by atoms with Crippen LogP contribution in [-0.2, 0) is 16.4 Å². The molecule has 0 amide bonds. The second-order valence-electron chi connectivity index (χ2n) is 5.94. The van der Waals surface area contributed by atoms with E-state index in [0.717, 1.165) is 24.0 Å². The van der Waals surface area contributed by atoms with Gasteiger partial charge in [0, 0.05) is 4.47 Å². The zero-order valence-corrected chi connectivity index (χ0v) is 15.8. The number of halogens is 1. The Morgan fingerprint density at radius 2 is 2.04 bits per heavy atom. The van der Waals surface area contributed by atoms with Crippen LogP contribution in [0, 0.1) is 19.3 Å². The van der Waals surface area contributed by atoms with E-state index in [0.29, 0.717) is 4.47 Å². The second-order valence-corrected chi connectivity index (χ2v) is 8.65. The van der Waals surface area contributed by atoms with Gasteiger partial charge in [0.1, 0.15) is 0 Å². The van der Waals surface area contributed by atoms with Crippen molar-refractivity contribution in [2.75, 3.05) is 6.54 Å². The Kier molecular flexibility index (Phi) is 4.82. The van der Waals surface area contributed by atoms with Crippen LogP contribution in [0.25, 0.3) is 0 Å². The summed E-state index contributed by atoms with van der Waals surface area (Å²) in [5.74, 6) is 2.51. The standard InChI is InChI=1S/C19H18BrNO2S/c1-3-12-21(18-10-9-15-6-4-5-7-16(15)18)24(22,23)19-11-8-14(2)13-17(19)20/h1,4-8,11,13,18H,9-10,12H2,2H3. The van der Waals surface area contributed by atoms with Crippen molar-refractivity contribution < 1.29 is 8.42 Å². The third kappa shape index (κ3) is 3.02. The SMILES string of the molecule is C#CCN(C1CCc2ccccc21)S(=O)(=O)c1ccc(C)cc1Br. The van der Waals surface area contributed by atoms with E-state index in [2.05, 4.69) is 27.9 Å². The highest BCUT2D eigenvalue weighted by atomic mass is 79.9. The molecule has 0 heterocycles. The Bertz CT molecular complexity index is 915. The molecule has 124 valence electrons.